The number of benzene rings is 4. The number of hydrogen-bond acceptors (Lipinski definition) is 2. The maximum absolute atomic E-state index is 6.39. The van der Waals surface area contributed by atoms with Crippen LogP contribution < -0.4 is 15.3 Å². The van der Waals surface area contributed by atoms with Crippen LogP contribution in [0, 0.1) is 20.8 Å². The number of ether oxygens (including phenoxy) is 1. The Morgan fingerprint density at radius 1 is 0.788 bits per heavy atom. The van der Waals surface area contributed by atoms with Crippen molar-refractivity contribution >= 4 is 30.6 Å². The largest absolute Gasteiger partial charge is 0.488 e. The monoisotopic (exact) mass is 451 g/mol. The first-order chi connectivity index (χ1) is 16.0. The highest BCUT2D eigenvalue weighted by molar-refractivity contribution is 7.56. The van der Waals surface area contributed by atoms with Gasteiger partial charge in [-0.3, -0.25) is 4.99 Å². The highest BCUT2D eigenvalue weighted by atomic mass is 31.1. The summed E-state index contributed by atoms with van der Waals surface area (Å²) in [4.78, 5) is 4.90. The first-order valence-corrected chi connectivity index (χ1v) is 12.3. The van der Waals surface area contributed by atoms with Crippen molar-refractivity contribution in [3.63, 3.8) is 0 Å². The van der Waals surface area contributed by atoms with Gasteiger partial charge >= 0.3 is 0 Å². The summed E-state index contributed by atoms with van der Waals surface area (Å²) in [5.41, 5.74) is 8.10. The Balaban J connectivity index is 1.70. The van der Waals surface area contributed by atoms with Crippen molar-refractivity contribution in [2.45, 2.75) is 34.3 Å². The lowest BCUT2D eigenvalue weighted by Crippen LogP contribution is -2.18. The van der Waals surface area contributed by atoms with Crippen LogP contribution in [0.1, 0.15) is 34.7 Å². The molecule has 4 aromatic rings. The summed E-state index contributed by atoms with van der Waals surface area (Å²) < 4.78 is 6.39. The van der Waals surface area contributed by atoms with Gasteiger partial charge in [0, 0.05) is 16.6 Å². The first kappa shape index (κ1) is 23.0. The van der Waals surface area contributed by atoms with E-state index in [1.165, 1.54) is 38.4 Å². The molecule has 1 atom stereocenters. The molecule has 0 fully saturated rings. The van der Waals surface area contributed by atoms with Crippen LogP contribution in [0.2, 0.25) is 0 Å². The molecule has 3 heteroatoms. The van der Waals surface area contributed by atoms with Gasteiger partial charge < -0.3 is 4.74 Å². The van der Waals surface area contributed by atoms with Crippen LogP contribution in [0.15, 0.2) is 96.0 Å². The number of hydrogen-bond donors (Lipinski definition) is 0. The Morgan fingerprint density at radius 3 is 2.21 bits per heavy atom. The molecule has 1 unspecified atom stereocenters. The Bertz CT molecular complexity index is 1260. The molecule has 4 rings (SSSR count). The average Bonchev–Trinajstić information content (AvgIpc) is 2.81. The number of nitrogens with zero attached hydrogens (tertiary/aromatic N) is 1. The molecule has 0 radical (unpaired) electrons. The van der Waals surface area contributed by atoms with Gasteiger partial charge in [-0.2, -0.15) is 0 Å². The zero-order chi connectivity index (χ0) is 23.2. The van der Waals surface area contributed by atoms with E-state index in [9.17, 15) is 0 Å². The smallest absolute Gasteiger partial charge is 0.130 e. The molecule has 0 aliphatic rings. The van der Waals surface area contributed by atoms with E-state index in [-0.39, 0.29) is 0 Å². The molecule has 33 heavy (non-hydrogen) atoms. The van der Waals surface area contributed by atoms with Gasteiger partial charge in [0.1, 0.15) is 12.4 Å². The third-order valence-electron chi connectivity index (χ3n) is 5.62. The Morgan fingerprint density at radius 2 is 1.48 bits per heavy atom. The van der Waals surface area contributed by atoms with E-state index in [2.05, 4.69) is 82.3 Å². The third kappa shape index (κ3) is 5.78. The average molecular weight is 452 g/mol. The predicted octanol–water partition coefficient (Wildman–Crippen LogP) is 6.96. The van der Waals surface area contributed by atoms with Crippen molar-refractivity contribution in [3.05, 3.63) is 119 Å². The maximum atomic E-state index is 6.39. The van der Waals surface area contributed by atoms with Crippen LogP contribution in [0.3, 0.4) is 0 Å². The predicted molar refractivity (Wildman–Crippen MR) is 144 cm³/mol. The molecule has 2 nitrogen and oxygen atoms in total. The van der Waals surface area contributed by atoms with E-state index in [1.54, 1.807) is 0 Å². The molecule has 0 heterocycles. The van der Waals surface area contributed by atoms with Gasteiger partial charge in [-0.25, -0.2) is 0 Å². The molecule has 166 valence electrons. The van der Waals surface area contributed by atoms with Gasteiger partial charge in [0.15, 0.2) is 0 Å². The van der Waals surface area contributed by atoms with Crippen LogP contribution in [-0.2, 0) is 6.61 Å². The molecule has 0 aliphatic heterocycles. The zero-order valence-electron chi connectivity index (χ0n) is 19.7. The third-order valence-corrected chi connectivity index (χ3v) is 7.17. The van der Waals surface area contributed by atoms with Crippen molar-refractivity contribution in [1.29, 1.82) is 0 Å². The molecule has 0 saturated carbocycles. The molecule has 0 aliphatic carbocycles. The summed E-state index contributed by atoms with van der Waals surface area (Å²) in [6, 6.07) is 31.5. The van der Waals surface area contributed by atoms with Crippen LogP contribution in [0.25, 0.3) is 0 Å². The highest BCUT2D eigenvalue weighted by Crippen LogP contribution is 2.28. The lowest BCUT2D eigenvalue weighted by Gasteiger charge is -2.18. The van der Waals surface area contributed by atoms with Crippen molar-refractivity contribution < 1.29 is 4.74 Å². The van der Waals surface area contributed by atoms with Gasteiger partial charge in [-0.15, -0.1) is 0 Å². The summed E-state index contributed by atoms with van der Waals surface area (Å²) in [5.74, 6) is 0.995. The van der Waals surface area contributed by atoms with Gasteiger partial charge in [0.25, 0.3) is 0 Å². The summed E-state index contributed by atoms with van der Waals surface area (Å²) >= 11 is 0. The van der Waals surface area contributed by atoms with E-state index in [0.717, 1.165) is 17.1 Å². The summed E-state index contributed by atoms with van der Waals surface area (Å²) in [6.45, 7) is 9.15. The number of para-hydroxylation sites is 1. The van der Waals surface area contributed by atoms with Crippen LogP contribution in [0.4, 0.5) is 5.69 Å². The minimum atomic E-state index is 0.481. The number of rotatable bonds is 7. The maximum Gasteiger partial charge on any atom is 0.130 e. The number of aryl methyl sites for hydroxylation is 3. The lowest BCUT2D eigenvalue weighted by atomic mass is 10.1. The minimum Gasteiger partial charge on any atom is -0.488 e. The van der Waals surface area contributed by atoms with E-state index < -0.39 is 0 Å². The van der Waals surface area contributed by atoms with Gasteiger partial charge in [-0.05, 0) is 73.5 Å². The molecule has 0 N–H and O–H groups in total. The summed E-state index contributed by atoms with van der Waals surface area (Å²) in [7, 11) is 0.481. The zero-order valence-corrected chi connectivity index (χ0v) is 20.7. The minimum absolute atomic E-state index is 0.481. The normalized spacial score (nSPS) is 11.8. The SMILES string of the molecule is C/C(=N\c1ccccc1)c1cccc(C)c1Pc1cc(C)cc(C)c1OCc1ccccc1. The quantitative estimate of drug-likeness (QED) is 0.220. The molecular formula is C30H30NOP. The fraction of sp³-hybridized carbons (Fsp3) is 0.167. The van der Waals surface area contributed by atoms with Crippen LogP contribution >= 0.6 is 8.58 Å². The fourth-order valence-electron chi connectivity index (χ4n) is 3.99. The Labute approximate surface area is 199 Å². The second-order valence-corrected chi connectivity index (χ2v) is 9.68. The van der Waals surface area contributed by atoms with E-state index in [1.807, 2.05) is 36.4 Å². The van der Waals surface area contributed by atoms with Crippen molar-refractivity contribution in [2.24, 2.45) is 4.99 Å². The summed E-state index contributed by atoms with van der Waals surface area (Å²) in [6.07, 6.45) is 0. The molecule has 0 amide bonds. The van der Waals surface area contributed by atoms with Crippen molar-refractivity contribution in [2.75, 3.05) is 0 Å². The molecular weight excluding hydrogens is 421 g/mol. The van der Waals surface area contributed by atoms with Crippen LogP contribution in [-0.4, -0.2) is 5.71 Å². The molecule has 0 spiro atoms. The standard InChI is InChI=1S/C30H30NOP/c1-21-18-23(3)29(32-20-25-13-7-5-8-14-25)28(19-21)33-30-22(2)12-11-17-27(30)24(4)31-26-15-9-6-10-16-26/h5-19,33H,20H2,1-4H3/b31-24+. The van der Waals surface area contributed by atoms with Crippen LogP contribution in [0.5, 0.6) is 5.75 Å². The molecule has 0 bridgehead atoms. The Kier molecular flexibility index (Phi) is 7.37. The van der Waals surface area contributed by atoms with E-state index in [4.69, 9.17) is 9.73 Å². The number of aliphatic imine (C=N–C) groups is 1. The van der Waals surface area contributed by atoms with E-state index in [0.29, 0.717) is 15.2 Å². The van der Waals surface area contributed by atoms with Gasteiger partial charge in [0.05, 0.1) is 5.69 Å². The molecule has 4 aromatic carbocycles. The van der Waals surface area contributed by atoms with E-state index >= 15 is 0 Å². The van der Waals surface area contributed by atoms with Crippen molar-refractivity contribution in [1.82, 2.24) is 0 Å². The Hall–Kier alpha value is -3.22. The second kappa shape index (κ2) is 10.6. The van der Waals surface area contributed by atoms with Crippen molar-refractivity contribution in [3.8, 4) is 5.75 Å². The highest BCUT2D eigenvalue weighted by Gasteiger charge is 2.15. The van der Waals surface area contributed by atoms with Gasteiger partial charge in [0.2, 0.25) is 0 Å². The molecule has 0 aromatic heterocycles. The summed E-state index contributed by atoms with van der Waals surface area (Å²) in [5, 5.41) is 2.57. The second-order valence-electron chi connectivity index (χ2n) is 8.39. The first-order valence-electron chi connectivity index (χ1n) is 11.3. The molecule has 0 saturated heterocycles. The van der Waals surface area contributed by atoms with Gasteiger partial charge in [-0.1, -0.05) is 81.4 Å². The lowest BCUT2D eigenvalue weighted by molar-refractivity contribution is 0.307. The topological polar surface area (TPSA) is 21.6 Å². The fourth-order valence-corrected chi connectivity index (χ4v) is 5.63.